The molecule has 0 aromatic carbocycles. The normalized spacial score (nSPS) is 25.5. The minimum absolute atomic E-state index is 0.0476. The van der Waals surface area contributed by atoms with E-state index >= 15 is 0 Å². The molecular weight excluding hydrogens is 212 g/mol. The van der Waals surface area contributed by atoms with Crippen molar-refractivity contribution in [3.05, 3.63) is 0 Å². The number of nitrogens with zero attached hydrogens (tertiary/aromatic N) is 1. The number of carbonyl (C=O) groups is 1. The monoisotopic (exact) mass is 240 g/mol. The zero-order chi connectivity index (χ0) is 13.1. The second-order valence-corrected chi connectivity index (χ2v) is 6.84. The quantitative estimate of drug-likeness (QED) is 0.789. The van der Waals surface area contributed by atoms with E-state index in [2.05, 4.69) is 26.1 Å². The highest BCUT2D eigenvalue weighted by Crippen LogP contribution is 2.34. The first-order valence-corrected chi connectivity index (χ1v) is 6.76. The third-order valence-corrected chi connectivity index (χ3v) is 3.42. The number of hydrogen-bond acceptors (Lipinski definition) is 1. The predicted molar refractivity (Wildman–Crippen MR) is 72.0 cm³/mol. The van der Waals surface area contributed by atoms with Gasteiger partial charge in [-0.15, -0.1) is 0 Å². The Labute approximate surface area is 106 Å². The van der Waals surface area contributed by atoms with Gasteiger partial charge in [0, 0.05) is 20.1 Å². The molecule has 0 heterocycles. The van der Waals surface area contributed by atoms with Crippen molar-refractivity contribution in [3.8, 4) is 0 Å². The Hall–Kier alpha value is -0.730. The largest absolute Gasteiger partial charge is 0.335 e. The Morgan fingerprint density at radius 1 is 1.29 bits per heavy atom. The fourth-order valence-corrected chi connectivity index (χ4v) is 2.78. The minimum Gasteiger partial charge on any atom is -0.335 e. The van der Waals surface area contributed by atoms with E-state index in [1.165, 1.54) is 19.3 Å². The number of nitrogens with one attached hydrogen (secondary N) is 1. The Morgan fingerprint density at radius 2 is 1.94 bits per heavy atom. The Balaban J connectivity index is 2.41. The summed E-state index contributed by atoms with van der Waals surface area (Å²) in [7, 11) is 3.59. The van der Waals surface area contributed by atoms with Gasteiger partial charge in [-0.3, -0.25) is 0 Å². The molecule has 100 valence electrons. The van der Waals surface area contributed by atoms with E-state index < -0.39 is 0 Å². The summed E-state index contributed by atoms with van der Waals surface area (Å²) in [6.45, 7) is 6.90. The van der Waals surface area contributed by atoms with Gasteiger partial charge in [0.2, 0.25) is 0 Å². The highest BCUT2D eigenvalue weighted by molar-refractivity contribution is 5.73. The Morgan fingerprint density at radius 3 is 2.47 bits per heavy atom. The van der Waals surface area contributed by atoms with Gasteiger partial charge >= 0.3 is 6.03 Å². The summed E-state index contributed by atoms with van der Waals surface area (Å²) in [6, 6.07) is 0.428. The molecule has 0 aliphatic heterocycles. The molecule has 2 amide bonds. The first kappa shape index (κ1) is 14.3. The van der Waals surface area contributed by atoms with E-state index in [9.17, 15) is 4.79 Å². The van der Waals surface area contributed by atoms with Gasteiger partial charge in [-0.2, -0.15) is 0 Å². The summed E-state index contributed by atoms with van der Waals surface area (Å²) >= 11 is 0. The summed E-state index contributed by atoms with van der Waals surface area (Å²) < 4.78 is 0. The average Bonchev–Trinajstić information content (AvgIpc) is 2.15. The lowest BCUT2D eigenvalue weighted by atomic mass is 9.76. The van der Waals surface area contributed by atoms with Gasteiger partial charge in [-0.05, 0) is 30.6 Å². The van der Waals surface area contributed by atoms with Gasteiger partial charge in [0.25, 0.3) is 0 Å². The molecule has 1 rings (SSSR count). The number of urea groups is 1. The van der Waals surface area contributed by atoms with Gasteiger partial charge < -0.3 is 10.2 Å². The van der Waals surface area contributed by atoms with Crippen molar-refractivity contribution < 1.29 is 4.79 Å². The van der Waals surface area contributed by atoms with E-state index in [1.54, 1.807) is 19.0 Å². The van der Waals surface area contributed by atoms with Crippen LogP contribution in [-0.4, -0.2) is 31.1 Å². The van der Waals surface area contributed by atoms with Crippen LogP contribution >= 0.6 is 0 Å². The first-order valence-electron chi connectivity index (χ1n) is 6.76. The van der Waals surface area contributed by atoms with Crippen LogP contribution in [0.5, 0.6) is 0 Å². The molecule has 0 aromatic heterocycles. The molecule has 0 bridgehead atoms. The predicted octanol–water partition coefficient (Wildman–Crippen LogP) is 3.25. The molecule has 0 radical (unpaired) electrons. The van der Waals surface area contributed by atoms with E-state index in [1.807, 2.05) is 0 Å². The van der Waals surface area contributed by atoms with Crippen LogP contribution in [-0.2, 0) is 0 Å². The zero-order valence-corrected chi connectivity index (χ0v) is 12.0. The molecule has 1 N–H and O–H groups in total. The van der Waals surface area contributed by atoms with Crippen LogP contribution in [0.1, 0.15) is 52.9 Å². The fraction of sp³-hybridized carbons (Fsp3) is 0.929. The highest BCUT2D eigenvalue weighted by atomic mass is 16.2. The smallest absolute Gasteiger partial charge is 0.317 e. The lowest BCUT2D eigenvalue weighted by Gasteiger charge is -2.34. The molecule has 1 aliphatic rings. The number of carbonyl (C=O) groups excluding carboxylic acids is 1. The minimum atomic E-state index is 0.0476. The third kappa shape index (κ3) is 5.42. The van der Waals surface area contributed by atoms with Gasteiger partial charge in [0.05, 0.1) is 0 Å². The topological polar surface area (TPSA) is 32.3 Å². The Bertz CT molecular complexity index is 255. The van der Waals surface area contributed by atoms with E-state index in [0.717, 1.165) is 18.8 Å². The summed E-state index contributed by atoms with van der Waals surface area (Å²) in [6.07, 6.45) is 6.13. The molecule has 0 aromatic rings. The molecule has 1 saturated carbocycles. The van der Waals surface area contributed by atoms with Gasteiger partial charge in [-0.25, -0.2) is 4.79 Å². The molecule has 2 unspecified atom stereocenters. The zero-order valence-electron chi connectivity index (χ0n) is 12.0. The third-order valence-electron chi connectivity index (χ3n) is 3.42. The van der Waals surface area contributed by atoms with Crippen molar-refractivity contribution in [1.82, 2.24) is 10.2 Å². The lowest BCUT2D eigenvalue weighted by Crippen LogP contribution is -2.43. The molecule has 1 fully saturated rings. The standard InChI is InChI=1S/C14H28N2O/c1-14(2,3)10-11-7-6-8-12(9-11)15-13(17)16(4)5/h11-12H,6-10H2,1-5H3,(H,15,17). The number of amides is 2. The second-order valence-electron chi connectivity index (χ2n) is 6.84. The second kappa shape index (κ2) is 5.74. The van der Waals surface area contributed by atoms with Crippen LogP contribution in [0.3, 0.4) is 0 Å². The van der Waals surface area contributed by atoms with Crippen molar-refractivity contribution >= 4 is 6.03 Å². The van der Waals surface area contributed by atoms with Crippen molar-refractivity contribution in [1.29, 1.82) is 0 Å². The van der Waals surface area contributed by atoms with Gasteiger partial charge in [0.1, 0.15) is 0 Å². The summed E-state index contributed by atoms with van der Waals surface area (Å²) in [5, 5.41) is 3.12. The molecule has 0 spiro atoms. The maximum absolute atomic E-state index is 11.6. The molecule has 1 aliphatic carbocycles. The van der Waals surface area contributed by atoms with Crippen molar-refractivity contribution in [3.63, 3.8) is 0 Å². The molecule has 0 saturated heterocycles. The Kier molecular flexibility index (Phi) is 4.84. The maximum Gasteiger partial charge on any atom is 0.317 e. The summed E-state index contributed by atoms with van der Waals surface area (Å²) in [5.41, 5.74) is 0.401. The molecule has 3 nitrogen and oxygen atoms in total. The van der Waals surface area contributed by atoms with Crippen LogP contribution in [0.4, 0.5) is 4.79 Å². The van der Waals surface area contributed by atoms with Crippen LogP contribution in [0, 0.1) is 11.3 Å². The SMILES string of the molecule is CN(C)C(=O)NC1CCCC(CC(C)(C)C)C1. The van der Waals surface area contributed by atoms with E-state index in [4.69, 9.17) is 0 Å². The molecule has 2 atom stereocenters. The molecular formula is C14H28N2O. The van der Waals surface area contributed by atoms with Crippen LogP contribution in [0.15, 0.2) is 0 Å². The first-order chi connectivity index (χ1) is 7.78. The molecule has 3 heteroatoms. The van der Waals surface area contributed by atoms with Crippen molar-refractivity contribution in [2.75, 3.05) is 14.1 Å². The number of hydrogen-bond donors (Lipinski definition) is 1. The van der Waals surface area contributed by atoms with Crippen molar-refractivity contribution in [2.24, 2.45) is 11.3 Å². The van der Waals surface area contributed by atoms with E-state index in [0.29, 0.717) is 11.5 Å². The molecule has 17 heavy (non-hydrogen) atoms. The highest BCUT2D eigenvalue weighted by Gasteiger charge is 2.26. The summed E-state index contributed by atoms with van der Waals surface area (Å²) in [5.74, 6) is 0.774. The maximum atomic E-state index is 11.6. The van der Waals surface area contributed by atoms with Gasteiger partial charge in [0.15, 0.2) is 0 Å². The van der Waals surface area contributed by atoms with Crippen LogP contribution in [0.2, 0.25) is 0 Å². The van der Waals surface area contributed by atoms with Crippen LogP contribution in [0.25, 0.3) is 0 Å². The van der Waals surface area contributed by atoms with Crippen LogP contribution < -0.4 is 5.32 Å². The number of rotatable bonds is 2. The lowest BCUT2D eigenvalue weighted by molar-refractivity contribution is 0.189. The fourth-order valence-electron chi connectivity index (χ4n) is 2.78. The summed E-state index contributed by atoms with van der Waals surface area (Å²) in [4.78, 5) is 13.2. The van der Waals surface area contributed by atoms with E-state index in [-0.39, 0.29) is 6.03 Å². The average molecular weight is 240 g/mol. The van der Waals surface area contributed by atoms with Crippen molar-refractivity contribution in [2.45, 2.75) is 58.9 Å². The van der Waals surface area contributed by atoms with Gasteiger partial charge in [-0.1, -0.05) is 33.6 Å².